The molecule has 2 amide bonds. The number of para-hydroxylation sites is 1. The summed E-state index contributed by atoms with van der Waals surface area (Å²) < 4.78 is 11.0. The van der Waals surface area contributed by atoms with Crippen LogP contribution in [0.1, 0.15) is 36.2 Å². The summed E-state index contributed by atoms with van der Waals surface area (Å²) >= 11 is 0. The number of fused-ring (bicyclic) bond motifs is 2. The third kappa shape index (κ3) is 4.92. The predicted molar refractivity (Wildman–Crippen MR) is 115 cm³/mol. The normalized spacial score (nSPS) is 12.5. The van der Waals surface area contributed by atoms with Crippen LogP contribution in [0.2, 0.25) is 0 Å². The molecule has 0 saturated carbocycles. The molecule has 1 aromatic heterocycles. The van der Waals surface area contributed by atoms with Crippen molar-refractivity contribution in [3.05, 3.63) is 54.2 Å². The average molecular weight is 407 g/mol. The molecule has 0 spiro atoms. The van der Waals surface area contributed by atoms with E-state index in [4.69, 9.17) is 9.47 Å². The molecule has 0 fully saturated rings. The molecular weight excluding hydrogens is 382 g/mol. The Morgan fingerprint density at radius 3 is 2.63 bits per heavy atom. The van der Waals surface area contributed by atoms with Gasteiger partial charge in [-0.3, -0.25) is 9.59 Å². The molecule has 3 aromatic rings. The van der Waals surface area contributed by atoms with Gasteiger partial charge in [-0.1, -0.05) is 24.6 Å². The molecule has 0 saturated heterocycles. The molecular formula is C23H25N3O4. The van der Waals surface area contributed by atoms with Gasteiger partial charge in [-0.05, 0) is 37.1 Å². The van der Waals surface area contributed by atoms with Crippen LogP contribution in [0.15, 0.2) is 48.5 Å². The van der Waals surface area contributed by atoms with Crippen molar-refractivity contribution in [1.29, 1.82) is 0 Å². The molecule has 2 heterocycles. The number of anilines is 1. The van der Waals surface area contributed by atoms with Crippen LogP contribution >= 0.6 is 0 Å². The third-order valence-corrected chi connectivity index (χ3v) is 4.97. The molecule has 4 rings (SSSR count). The third-order valence-electron chi connectivity index (χ3n) is 4.97. The zero-order valence-corrected chi connectivity index (χ0v) is 16.7. The van der Waals surface area contributed by atoms with Gasteiger partial charge in [0.05, 0.1) is 0 Å². The Morgan fingerprint density at radius 2 is 1.77 bits per heavy atom. The molecule has 1 aliphatic heterocycles. The Balaban J connectivity index is 1.13. The van der Waals surface area contributed by atoms with Gasteiger partial charge in [0.1, 0.15) is 18.9 Å². The fourth-order valence-electron chi connectivity index (χ4n) is 3.42. The van der Waals surface area contributed by atoms with Gasteiger partial charge in [-0.15, -0.1) is 0 Å². The molecule has 0 radical (unpaired) electrons. The van der Waals surface area contributed by atoms with Crippen LogP contribution in [0.3, 0.4) is 0 Å². The van der Waals surface area contributed by atoms with E-state index < -0.39 is 0 Å². The van der Waals surface area contributed by atoms with Gasteiger partial charge in [0.15, 0.2) is 11.5 Å². The van der Waals surface area contributed by atoms with Crippen LogP contribution in [0.4, 0.5) is 5.69 Å². The van der Waals surface area contributed by atoms with Crippen molar-refractivity contribution >= 4 is 28.4 Å². The SMILES string of the molecule is O=C(CCCCCNC(=O)c1cc2ccccc2[nH]1)Nc1ccc2c(c1)OCCO2. The maximum absolute atomic E-state index is 12.2. The second-order valence-corrected chi connectivity index (χ2v) is 7.24. The van der Waals surface area contributed by atoms with Crippen molar-refractivity contribution in [3.63, 3.8) is 0 Å². The van der Waals surface area contributed by atoms with Gasteiger partial charge in [-0.25, -0.2) is 0 Å². The summed E-state index contributed by atoms with van der Waals surface area (Å²) in [6.07, 6.45) is 2.88. The first kappa shape index (κ1) is 19.8. The number of carbonyl (C=O) groups excluding carboxylic acids is 2. The Morgan fingerprint density at radius 1 is 0.933 bits per heavy atom. The van der Waals surface area contributed by atoms with Gasteiger partial charge in [0, 0.05) is 35.6 Å². The molecule has 3 N–H and O–H groups in total. The van der Waals surface area contributed by atoms with Gasteiger partial charge in [-0.2, -0.15) is 0 Å². The smallest absolute Gasteiger partial charge is 0.267 e. The highest BCUT2D eigenvalue weighted by Crippen LogP contribution is 2.32. The average Bonchev–Trinajstić information content (AvgIpc) is 3.20. The number of aromatic amines is 1. The lowest BCUT2D eigenvalue weighted by Gasteiger charge is -2.19. The molecule has 0 atom stereocenters. The van der Waals surface area contributed by atoms with E-state index in [1.54, 1.807) is 12.1 Å². The number of hydrogen-bond acceptors (Lipinski definition) is 4. The topological polar surface area (TPSA) is 92.5 Å². The lowest BCUT2D eigenvalue weighted by atomic mass is 10.2. The summed E-state index contributed by atoms with van der Waals surface area (Å²) in [5.41, 5.74) is 2.22. The minimum atomic E-state index is -0.109. The molecule has 0 unspecified atom stereocenters. The molecule has 7 heteroatoms. The second kappa shape index (κ2) is 9.35. The Labute approximate surface area is 174 Å². The quantitative estimate of drug-likeness (QED) is 0.494. The van der Waals surface area contributed by atoms with E-state index in [2.05, 4.69) is 15.6 Å². The van der Waals surface area contributed by atoms with Gasteiger partial charge >= 0.3 is 0 Å². The molecule has 156 valence electrons. The van der Waals surface area contributed by atoms with Crippen LogP contribution in [-0.4, -0.2) is 36.6 Å². The summed E-state index contributed by atoms with van der Waals surface area (Å²) in [5.74, 6) is 1.22. The van der Waals surface area contributed by atoms with Crippen LogP contribution < -0.4 is 20.1 Å². The highest BCUT2D eigenvalue weighted by Gasteiger charge is 2.13. The van der Waals surface area contributed by atoms with Gasteiger partial charge in [0.2, 0.25) is 5.91 Å². The lowest BCUT2D eigenvalue weighted by molar-refractivity contribution is -0.116. The minimum absolute atomic E-state index is 0.0335. The Kier molecular flexibility index (Phi) is 6.17. The number of nitrogens with one attached hydrogen (secondary N) is 3. The number of hydrogen-bond donors (Lipinski definition) is 3. The Hall–Kier alpha value is -3.48. The van der Waals surface area contributed by atoms with E-state index in [-0.39, 0.29) is 11.8 Å². The molecule has 0 bridgehead atoms. The second-order valence-electron chi connectivity index (χ2n) is 7.24. The standard InChI is InChI=1S/C23H25N3O4/c27-22(25-17-9-10-20-21(15-17)30-13-12-29-20)8-2-1-5-11-24-23(28)19-14-16-6-3-4-7-18(16)26-19/h3-4,6-7,9-10,14-15,26H,1-2,5,8,11-13H2,(H,24,28)(H,25,27). The number of unbranched alkanes of at least 4 members (excludes halogenated alkanes) is 2. The van der Waals surface area contributed by atoms with Crippen LogP contribution in [-0.2, 0) is 4.79 Å². The number of ether oxygens (including phenoxy) is 2. The van der Waals surface area contributed by atoms with Crippen molar-refractivity contribution < 1.29 is 19.1 Å². The summed E-state index contributed by atoms with van der Waals surface area (Å²) in [6.45, 7) is 1.64. The molecule has 0 aliphatic carbocycles. The minimum Gasteiger partial charge on any atom is -0.486 e. The van der Waals surface area contributed by atoms with Crippen molar-refractivity contribution in [2.24, 2.45) is 0 Å². The first-order chi connectivity index (χ1) is 14.7. The van der Waals surface area contributed by atoms with Crippen molar-refractivity contribution in [3.8, 4) is 11.5 Å². The van der Waals surface area contributed by atoms with Crippen LogP contribution in [0, 0.1) is 0 Å². The van der Waals surface area contributed by atoms with Gasteiger partial charge in [0.25, 0.3) is 5.91 Å². The number of benzene rings is 2. The zero-order valence-electron chi connectivity index (χ0n) is 16.7. The monoisotopic (exact) mass is 407 g/mol. The fraction of sp³-hybridized carbons (Fsp3) is 0.304. The largest absolute Gasteiger partial charge is 0.486 e. The maximum Gasteiger partial charge on any atom is 0.267 e. The van der Waals surface area contributed by atoms with Crippen molar-refractivity contribution in [2.45, 2.75) is 25.7 Å². The highest BCUT2D eigenvalue weighted by molar-refractivity contribution is 5.98. The van der Waals surface area contributed by atoms with E-state index in [0.717, 1.165) is 30.2 Å². The summed E-state index contributed by atoms with van der Waals surface area (Å²) in [4.78, 5) is 27.5. The summed E-state index contributed by atoms with van der Waals surface area (Å²) in [7, 11) is 0. The zero-order chi connectivity index (χ0) is 20.8. The first-order valence-corrected chi connectivity index (χ1v) is 10.2. The fourth-order valence-corrected chi connectivity index (χ4v) is 3.42. The molecule has 30 heavy (non-hydrogen) atoms. The van der Waals surface area contributed by atoms with Gasteiger partial charge < -0.3 is 25.1 Å². The predicted octanol–water partition coefficient (Wildman–Crippen LogP) is 3.87. The van der Waals surface area contributed by atoms with E-state index >= 15 is 0 Å². The van der Waals surface area contributed by atoms with Crippen LogP contribution in [0.5, 0.6) is 11.5 Å². The van der Waals surface area contributed by atoms with Crippen molar-refractivity contribution in [1.82, 2.24) is 10.3 Å². The van der Waals surface area contributed by atoms with Crippen LogP contribution in [0.25, 0.3) is 10.9 Å². The highest BCUT2D eigenvalue weighted by atomic mass is 16.6. The number of aromatic nitrogens is 1. The molecule has 1 aliphatic rings. The number of carbonyl (C=O) groups is 2. The van der Waals surface area contributed by atoms with E-state index in [9.17, 15) is 9.59 Å². The lowest BCUT2D eigenvalue weighted by Crippen LogP contribution is -2.24. The number of H-pyrrole nitrogens is 1. The summed E-state index contributed by atoms with van der Waals surface area (Å²) in [5, 5.41) is 6.83. The Bertz CT molecular complexity index is 1010. The number of rotatable bonds is 8. The number of amides is 2. The van der Waals surface area contributed by atoms with E-state index in [0.29, 0.717) is 49.1 Å². The first-order valence-electron chi connectivity index (χ1n) is 10.2. The van der Waals surface area contributed by atoms with E-state index in [1.807, 2.05) is 36.4 Å². The van der Waals surface area contributed by atoms with Crippen molar-refractivity contribution in [2.75, 3.05) is 25.1 Å². The summed E-state index contributed by atoms with van der Waals surface area (Å²) in [6, 6.07) is 15.1. The molecule has 7 nitrogen and oxygen atoms in total. The molecule has 2 aromatic carbocycles. The van der Waals surface area contributed by atoms with E-state index in [1.165, 1.54) is 0 Å². The maximum atomic E-state index is 12.2.